The van der Waals surface area contributed by atoms with E-state index in [2.05, 4.69) is 14.5 Å². The minimum absolute atomic E-state index is 0.665. The zero-order valence-electron chi connectivity index (χ0n) is 18.4. The van der Waals surface area contributed by atoms with Gasteiger partial charge in [0.2, 0.25) is 0 Å². The van der Waals surface area contributed by atoms with Gasteiger partial charge in [-0.1, -0.05) is 0 Å². The third kappa shape index (κ3) is 4.57. The number of aromatic nitrogens is 4. The maximum Gasteiger partial charge on any atom is 0.175 e. The molecular weight excluding hydrogens is 428 g/mol. The summed E-state index contributed by atoms with van der Waals surface area (Å²) in [4.78, 5) is 14.3. The lowest BCUT2D eigenvalue weighted by Gasteiger charge is -2.12. The summed E-state index contributed by atoms with van der Waals surface area (Å²) >= 11 is 1.50. The molecule has 0 bridgehead atoms. The van der Waals surface area contributed by atoms with Gasteiger partial charge in [-0.3, -0.25) is 0 Å². The lowest BCUT2D eigenvalue weighted by atomic mass is 10.1. The Bertz CT molecular complexity index is 1210. The lowest BCUT2D eigenvalue weighted by Crippen LogP contribution is -2.05. The van der Waals surface area contributed by atoms with Crippen molar-refractivity contribution in [1.82, 2.24) is 19.5 Å². The molecule has 8 nitrogen and oxygen atoms in total. The Labute approximate surface area is 190 Å². The molecule has 0 aliphatic rings. The average Bonchev–Trinajstić information content (AvgIpc) is 3.19. The standard InChI is InChI=1S/C23H24N4O4S/c1-28-16-5-6-20(31-4)21(12-16)32-23-26-19-13-24-14-25-22(19)27(23)8-7-15-9-17(29-2)11-18(10-15)30-3/h5-6,9-14H,7-8H2,1-4H3. The van der Waals surface area contributed by atoms with Crippen molar-refractivity contribution in [3.05, 3.63) is 54.5 Å². The van der Waals surface area contributed by atoms with Gasteiger partial charge in [0.25, 0.3) is 0 Å². The van der Waals surface area contributed by atoms with E-state index in [-0.39, 0.29) is 0 Å². The number of aryl methyl sites for hydroxylation is 2. The molecule has 4 aromatic rings. The molecule has 0 spiro atoms. The van der Waals surface area contributed by atoms with Crippen molar-refractivity contribution in [2.75, 3.05) is 28.4 Å². The van der Waals surface area contributed by atoms with Crippen molar-refractivity contribution < 1.29 is 18.9 Å². The van der Waals surface area contributed by atoms with E-state index in [4.69, 9.17) is 23.9 Å². The summed E-state index contributed by atoms with van der Waals surface area (Å²) in [5.41, 5.74) is 2.60. The monoisotopic (exact) mass is 452 g/mol. The first kappa shape index (κ1) is 21.8. The summed E-state index contributed by atoms with van der Waals surface area (Å²) in [7, 11) is 6.59. The number of hydrogen-bond acceptors (Lipinski definition) is 8. The molecule has 0 amide bonds. The quantitative estimate of drug-likeness (QED) is 0.373. The highest BCUT2D eigenvalue weighted by Gasteiger charge is 2.16. The number of rotatable bonds is 9. The van der Waals surface area contributed by atoms with Crippen LogP contribution in [0.2, 0.25) is 0 Å². The van der Waals surface area contributed by atoms with E-state index in [9.17, 15) is 0 Å². The molecule has 0 atom stereocenters. The second-order valence-corrected chi connectivity index (χ2v) is 7.88. The smallest absolute Gasteiger partial charge is 0.175 e. The molecule has 9 heteroatoms. The van der Waals surface area contributed by atoms with Gasteiger partial charge < -0.3 is 23.5 Å². The van der Waals surface area contributed by atoms with E-state index in [0.29, 0.717) is 6.54 Å². The fourth-order valence-electron chi connectivity index (χ4n) is 3.35. The Morgan fingerprint density at radius 3 is 2.31 bits per heavy atom. The Hall–Kier alpha value is -3.46. The van der Waals surface area contributed by atoms with Crippen LogP contribution in [-0.2, 0) is 13.0 Å². The van der Waals surface area contributed by atoms with Crippen LogP contribution >= 0.6 is 11.8 Å². The molecule has 2 aromatic carbocycles. The summed E-state index contributed by atoms with van der Waals surface area (Å²) in [5, 5.41) is 0.793. The van der Waals surface area contributed by atoms with E-state index in [1.807, 2.05) is 36.4 Å². The molecule has 0 radical (unpaired) electrons. The van der Waals surface area contributed by atoms with E-state index in [1.54, 1.807) is 34.6 Å². The molecule has 0 saturated carbocycles. The average molecular weight is 453 g/mol. The molecule has 0 unspecified atom stereocenters. The molecular formula is C23H24N4O4S. The molecule has 2 aromatic heterocycles. The second kappa shape index (κ2) is 9.78. The van der Waals surface area contributed by atoms with Crippen LogP contribution < -0.4 is 18.9 Å². The zero-order chi connectivity index (χ0) is 22.5. The molecule has 4 rings (SSSR count). The minimum atomic E-state index is 0.665. The summed E-state index contributed by atoms with van der Waals surface area (Å²) < 4.78 is 23.8. The van der Waals surface area contributed by atoms with Gasteiger partial charge >= 0.3 is 0 Å². The van der Waals surface area contributed by atoms with E-state index in [0.717, 1.165) is 56.2 Å². The fourth-order valence-corrected chi connectivity index (χ4v) is 4.41. The van der Waals surface area contributed by atoms with Crippen LogP contribution in [0.4, 0.5) is 0 Å². The Balaban J connectivity index is 1.69. The van der Waals surface area contributed by atoms with Crippen molar-refractivity contribution in [2.45, 2.75) is 23.0 Å². The molecule has 32 heavy (non-hydrogen) atoms. The summed E-state index contributed by atoms with van der Waals surface area (Å²) in [6.07, 6.45) is 4.00. The van der Waals surface area contributed by atoms with Crippen LogP contribution in [0, 0.1) is 0 Å². The molecule has 166 valence electrons. The topological polar surface area (TPSA) is 80.5 Å². The van der Waals surface area contributed by atoms with Gasteiger partial charge in [0.1, 0.15) is 34.8 Å². The normalized spacial score (nSPS) is 10.9. The predicted octanol–water partition coefficient (Wildman–Crippen LogP) is 4.25. The van der Waals surface area contributed by atoms with Gasteiger partial charge in [0.15, 0.2) is 10.8 Å². The Kier molecular flexibility index (Phi) is 6.65. The van der Waals surface area contributed by atoms with Gasteiger partial charge in [-0.15, -0.1) is 0 Å². The molecule has 2 heterocycles. The molecule has 0 N–H and O–H groups in total. The maximum atomic E-state index is 5.54. The third-order valence-corrected chi connectivity index (χ3v) is 6.02. The highest BCUT2D eigenvalue weighted by atomic mass is 32.2. The van der Waals surface area contributed by atoms with Crippen LogP contribution in [0.25, 0.3) is 11.2 Å². The Morgan fingerprint density at radius 2 is 1.62 bits per heavy atom. The van der Waals surface area contributed by atoms with Gasteiger partial charge in [0.05, 0.1) is 39.5 Å². The summed E-state index contributed by atoms with van der Waals surface area (Å²) in [5.74, 6) is 3.01. The molecule has 0 saturated heterocycles. The lowest BCUT2D eigenvalue weighted by molar-refractivity contribution is 0.393. The molecule has 0 fully saturated rings. The first-order chi connectivity index (χ1) is 15.6. The number of ether oxygens (including phenoxy) is 4. The van der Waals surface area contributed by atoms with Crippen molar-refractivity contribution in [3.8, 4) is 23.0 Å². The highest BCUT2D eigenvalue weighted by molar-refractivity contribution is 7.99. The van der Waals surface area contributed by atoms with Crippen LogP contribution in [0.3, 0.4) is 0 Å². The summed E-state index contributed by atoms with van der Waals surface area (Å²) in [6.45, 7) is 0.665. The number of nitrogens with zero attached hydrogens (tertiary/aromatic N) is 4. The van der Waals surface area contributed by atoms with Gasteiger partial charge in [0, 0.05) is 12.6 Å². The van der Waals surface area contributed by atoms with Crippen molar-refractivity contribution in [3.63, 3.8) is 0 Å². The number of imidazole rings is 1. The van der Waals surface area contributed by atoms with Crippen molar-refractivity contribution >= 4 is 22.9 Å². The first-order valence-corrected chi connectivity index (χ1v) is 10.7. The van der Waals surface area contributed by atoms with E-state index < -0.39 is 0 Å². The van der Waals surface area contributed by atoms with Gasteiger partial charge in [-0.25, -0.2) is 15.0 Å². The zero-order valence-corrected chi connectivity index (χ0v) is 19.2. The van der Waals surface area contributed by atoms with Crippen LogP contribution in [0.1, 0.15) is 5.56 Å². The second-order valence-electron chi connectivity index (χ2n) is 6.87. The number of benzene rings is 2. The largest absolute Gasteiger partial charge is 0.497 e. The predicted molar refractivity (Wildman–Crippen MR) is 122 cm³/mol. The first-order valence-electron chi connectivity index (χ1n) is 9.93. The van der Waals surface area contributed by atoms with Gasteiger partial charge in [-0.05, 0) is 54.1 Å². The van der Waals surface area contributed by atoms with Crippen molar-refractivity contribution in [2.24, 2.45) is 0 Å². The third-order valence-electron chi connectivity index (χ3n) is 4.98. The number of methoxy groups -OCH3 is 4. The van der Waals surface area contributed by atoms with Crippen LogP contribution in [0.5, 0.6) is 23.0 Å². The number of fused-ring (bicyclic) bond motifs is 1. The van der Waals surface area contributed by atoms with Crippen molar-refractivity contribution in [1.29, 1.82) is 0 Å². The number of hydrogen-bond donors (Lipinski definition) is 0. The molecule has 0 aliphatic carbocycles. The van der Waals surface area contributed by atoms with Crippen LogP contribution in [0.15, 0.2) is 59.0 Å². The SMILES string of the molecule is COc1cc(CCn2c(Sc3cc(OC)ccc3OC)nc3cncnc32)cc(OC)c1. The Morgan fingerprint density at radius 1 is 0.875 bits per heavy atom. The minimum Gasteiger partial charge on any atom is -0.497 e. The maximum absolute atomic E-state index is 5.54. The fraction of sp³-hybridized carbons (Fsp3) is 0.261. The van der Waals surface area contributed by atoms with Crippen LogP contribution in [-0.4, -0.2) is 48.0 Å². The summed E-state index contributed by atoms with van der Waals surface area (Å²) in [6, 6.07) is 11.6. The molecule has 0 aliphatic heterocycles. The van der Waals surface area contributed by atoms with E-state index >= 15 is 0 Å². The highest BCUT2D eigenvalue weighted by Crippen LogP contribution is 2.38. The van der Waals surface area contributed by atoms with Gasteiger partial charge in [-0.2, -0.15) is 0 Å². The van der Waals surface area contributed by atoms with E-state index in [1.165, 1.54) is 18.1 Å².